The van der Waals surface area contributed by atoms with Crippen molar-refractivity contribution in [3.05, 3.63) is 89.7 Å². The molecule has 0 saturated heterocycles. The Hall–Kier alpha value is -2.76. The summed E-state index contributed by atoms with van der Waals surface area (Å²) in [6.45, 7) is 2.00. The molecule has 0 saturated carbocycles. The molecule has 0 amide bonds. The summed E-state index contributed by atoms with van der Waals surface area (Å²) in [4.78, 5) is 14.6. The highest BCUT2D eigenvalue weighted by Gasteiger charge is 2.14. The molecule has 0 radical (unpaired) electrons. The maximum atomic E-state index is 12.6. The monoisotopic (exact) mass is 349 g/mol. The van der Waals surface area contributed by atoms with Crippen molar-refractivity contribution in [3.63, 3.8) is 0 Å². The van der Waals surface area contributed by atoms with Gasteiger partial charge in [0, 0.05) is 19.3 Å². The van der Waals surface area contributed by atoms with Crippen LogP contribution in [-0.4, -0.2) is 45.3 Å². The molecule has 26 heavy (non-hydrogen) atoms. The Bertz CT molecular complexity index is 816. The van der Waals surface area contributed by atoms with Crippen LogP contribution in [0.1, 0.15) is 21.5 Å². The number of carbonyl (C=O) groups is 1. The van der Waals surface area contributed by atoms with Gasteiger partial charge < -0.3 is 5.11 Å². The Kier molecular flexibility index (Phi) is 6.30. The Labute approximate surface area is 153 Å². The molecule has 1 heterocycles. The van der Waals surface area contributed by atoms with Gasteiger partial charge in [-0.2, -0.15) is 5.10 Å². The first-order chi connectivity index (χ1) is 12.7. The van der Waals surface area contributed by atoms with E-state index in [9.17, 15) is 9.90 Å². The molecule has 1 N–H and O–H groups in total. The minimum Gasteiger partial charge on any atom is -0.395 e. The fraction of sp³-hybridized carbons (Fsp3) is 0.238. The molecular weight excluding hydrogens is 326 g/mol. The fourth-order valence-corrected chi connectivity index (χ4v) is 2.86. The number of ketones is 1. The van der Waals surface area contributed by atoms with Gasteiger partial charge in [-0.25, -0.2) is 0 Å². The number of aromatic nitrogens is 2. The first kappa shape index (κ1) is 18.0. The summed E-state index contributed by atoms with van der Waals surface area (Å²) in [5.74, 6) is 0.00805. The molecule has 0 aliphatic carbocycles. The van der Waals surface area contributed by atoms with Gasteiger partial charge in [-0.05, 0) is 11.1 Å². The number of aliphatic hydroxyl groups excluding tert-OH is 1. The van der Waals surface area contributed by atoms with Crippen LogP contribution in [0.3, 0.4) is 0 Å². The van der Waals surface area contributed by atoms with Crippen LogP contribution in [0.25, 0.3) is 0 Å². The largest absolute Gasteiger partial charge is 0.395 e. The molecular formula is C21H23N3O2. The van der Waals surface area contributed by atoms with Gasteiger partial charge in [0.1, 0.15) is 0 Å². The van der Waals surface area contributed by atoms with E-state index in [0.717, 1.165) is 11.1 Å². The number of benzene rings is 2. The lowest BCUT2D eigenvalue weighted by Crippen LogP contribution is -2.32. The third-order valence-electron chi connectivity index (χ3n) is 4.18. The minimum atomic E-state index is 0.00805. The van der Waals surface area contributed by atoms with Crippen LogP contribution in [0.4, 0.5) is 0 Å². The third kappa shape index (κ3) is 5.12. The van der Waals surface area contributed by atoms with Crippen LogP contribution in [0.15, 0.2) is 73.1 Å². The lowest BCUT2D eigenvalue weighted by Gasteiger charge is -2.20. The van der Waals surface area contributed by atoms with Crippen LogP contribution in [0.5, 0.6) is 0 Å². The highest BCUT2D eigenvalue weighted by molar-refractivity contribution is 5.97. The van der Waals surface area contributed by atoms with Crippen LogP contribution in [0.2, 0.25) is 0 Å². The highest BCUT2D eigenvalue weighted by atomic mass is 16.3. The zero-order valence-corrected chi connectivity index (χ0v) is 14.7. The Balaban J connectivity index is 1.62. The van der Waals surface area contributed by atoms with E-state index in [4.69, 9.17) is 0 Å². The van der Waals surface area contributed by atoms with E-state index in [1.165, 1.54) is 0 Å². The molecule has 5 nitrogen and oxygen atoms in total. The first-order valence-corrected chi connectivity index (χ1v) is 8.71. The van der Waals surface area contributed by atoms with Gasteiger partial charge in [0.25, 0.3) is 0 Å². The first-order valence-electron chi connectivity index (χ1n) is 8.71. The van der Waals surface area contributed by atoms with Gasteiger partial charge in [0.15, 0.2) is 5.78 Å². The van der Waals surface area contributed by atoms with Crippen molar-refractivity contribution in [2.24, 2.45) is 0 Å². The molecule has 0 unspecified atom stereocenters. The maximum Gasteiger partial charge on any atom is 0.179 e. The summed E-state index contributed by atoms with van der Waals surface area (Å²) in [6, 6.07) is 20.0. The average molecular weight is 349 g/mol. The lowest BCUT2D eigenvalue weighted by atomic mass is 10.2. The number of hydrogen-bond acceptors (Lipinski definition) is 4. The summed E-state index contributed by atoms with van der Waals surface area (Å²) >= 11 is 0. The van der Waals surface area contributed by atoms with Gasteiger partial charge in [0.05, 0.1) is 31.5 Å². The number of Topliss-reactive ketones (excluding diaryl/α,β-unsaturated/α-hetero) is 1. The van der Waals surface area contributed by atoms with E-state index in [1.807, 2.05) is 65.6 Å². The molecule has 134 valence electrons. The Morgan fingerprint density at radius 3 is 2.31 bits per heavy atom. The molecule has 0 spiro atoms. The third-order valence-corrected chi connectivity index (χ3v) is 4.18. The smallest absolute Gasteiger partial charge is 0.179 e. The van der Waals surface area contributed by atoms with Crippen molar-refractivity contribution in [3.8, 4) is 0 Å². The van der Waals surface area contributed by atoms with E-state index < -0.39 is 0 Å². The predicted octanol–water partition coefficient (Wildman–Crippen LogP) is 2.61. The minimum absolute atomic E-state index is 0.00805. The van der Waals surface area contributed by atoms with E-state index in [2.05, 4.69) is 5.10 Å². The quantitative estimate of drug-likeness (QED) is 0.603. The van der Waals surface area contributed by atoms with Crippen molar-refractivity contribution in [1.29, 1.82) is 0 Å². The zero-order valence-electron chi connectivity index (χ0n) is 14.7. The molecule has 2 aromatic carbocycles. The molecule has 3 rings (SSSR count). The molecule has 0 fully saturated rings. The number of hydrogen-bond donors (Lipinski definition) is 1. The predicted molar refractivity (Wildman–Crippen MR) is 101 cm³/mol. The van der Waals surface area contributed by atoms with Gasteiger partial charge in [-0.1, -0.05) is 60.7 Å². The second-order valence-corrected chi connectivity index (χ2v) is 6.26. The molecule has 0 atom stereocenters. The molecule has 5 heteroatoms. The molecule has 3 aromatic rings. The molecule has 0 aliphatic rings. The van der Waals surface area contributed by atoms with Crippen LogP contribution in [0, 0.1) is 0 Å². The second-order valence-electron chi connectivity index (χ2n) is 6.26. The van der Waals surface area contributed by atoms with Crippen LogP contribution < -0.4 is 0 Å². The van der Waals surface area contributed by atoms with Crippen LogP contribution >= 0.6 is 0 Å². The van der Waals surface area contributed by atoms with Gasteiger partial charge in [-0.3, -0.25) is 14.4 Å². The standard InChI is InChI=1S/C21H23N3O2/c25-12-11-23(14-18-7-3-1-4-8-18)17-21(26)20-13-22-24(16-20)15-19-9-5-2-6-10-19/h1-10,13,16,25H,11-12,14-15,17H2. The number of carbonyl (C=O) groups excluding carboxylic acids is 1. The van der Waals surface area contributed by atoms with Crippen molar-refractivity contribution in [2.45, 2.75) is 13.1 Å². The summed E-state index contributed by atoms with van der Waals surface area (Å²) in [6.07, 6.45) is 3.40. The van der Waals surface area contributed by atoms with Gasteiger partial charge in [-0.15, -0.1) is 0 Å². The Morgan fingerprint density at radius 2 is 1.65 bits per heavy atom. The maximum absolute atomic E-state index is 12.6. The molecule has 0 bridgehead atoms. The van der Waals surface area contributed by atoms with E-state index in [0.29, 0.717) is 25.2 Å². The normalized spacial score (nSPS) is 11.0. The summed E-state index contributed by atoms with van der Waals surface area (Å²) < 4.78 is 1.77. The number of rotatable bonds is 9. The van der Waals surface area contributed by atoms with E-state index >= 15 is 0 Å². The molecule has 0 aliphatic heterocycles. The SMILES string of the molecule is O=C(CN(CCO)Cc1ccccc1)c1cnn(Cc2ccccc2)c1. The average Bonchev–Trinajstić information content (AvgIpc) is 3.12. The molecule has 1 aromatic heterocycles. The lowest BCUT2D eigenvalue weighted by molar-refractivity contribution is 0.0908. The zero-order chi connectivity index (χ0) is 18.2. The van der Waals surface area contributed by atoms with E-state index in [1.54, 1.807) is 17.1 Å². The van der Waals surface area contributed by atoms with Crippen molar-refractivity contribution >= 4 is 5.78 Å². The number of aliphatic hydroxyl groups is 1. The Morgan fingerprint density at radius 1 is 1.00 bits per heavy atom. The topological polar surface area (TPSA) is 58.4 Å². The van der Waals surface area contributed by atoms with Crippen molar-refractivity contribution in [2.75, 3.05) is 19.7 Å². The fourth-order valence-electron chi connectivity index (χ4n) is 2.86. The van der Waals surface area contributed by atoms with Crippen LogP contribution in [-0.2, 0) is 13.1 Å². The second kappa shape index (κ2) is 9.08. The summed E-state index contributed by atoms with van der Waals surface area (Å²) in [7, 11) is 0. The number of nitrogens with zero attached hydrogens (tertiary/aromatic N) is 3. The van der Waals surface area contributed by atoms with E-state index in [-0.39, 0.29) is 18.9 Å². The van der Waals surface area contributed by atoms with Crippen molar-refractivity contribution in [1.82, 2.24) is 14.7 Å². The summed E-state index contributed by atoms with van der Waals surface area (Å²) in [5.41, 5.74) is 2.85. The van der Waals surface area contributed by atoms with Gasteiger partial charge in [0.2, 0.25) is 0 Å². The highest BCUT2D eigenvalue weighted by Crippen LogP contribution is 2.08. The van der Waals surface area contributed by atoms with Gasteiger partial charge >= 0.3 is 0 Å². The van der Waals surface area contributed by atoms with Crippen molar-refractivity contribution < 1.29 is 9.90 Å². The summed E-state index contributed by atoms with van der Waals surface area (Å²) in [5, 5.41) is 13.6.